The van der Waals surface area contributed by atoms with Crippen LogP contribution in [0.3, 0.4) is 0 Å². The zero-order valence-corrected chi connectivity index (χ0v) is 10.4. The third-order valence-corrected chi connectivity index (χ3v) is 3.57. The van der Waals surface area contributed by atoms with Crippen molar-refractivity contribution in [2.75, 3.05) is 23.8 Å². The third kappa shape index (κ3) is 2.52. The van der Waals surface area contributed by atoms with Gasteiger partial charge in [0, 0.05) is 18.8 Å². The van der Waals surface area contributed by atoms with Crippen LogP contribution >= 0.6 is 0 Å². The molecule has 1 saturated carbocycles. The molecule has 1 aromatic heterocycles. The average Bonchev–Trinajstić information content (AvgIpc) is 2.84. The first-order valence-corrected chi connectivity index (χ1v) is 6.32. The van der Waals surface area contributed by atoms with Gasteiger partial charge in [0.1, 0.15) is 0 Å². The topological polar surface area (TPSA) is 62.4 Å². The third-order valence-electron chi connectivity index (χ3n) is 3.57. The second kappa shape index (κ2) is 5.36. The lowest BCUT2D eigenvalue weighted by molar-refractivity contribution is 0.297. The monoisotopic (exact) mass is 235 g/mol. The Morgan fingerprint density at radius 1 is 1.47 bits per heavy atom. The molecule has 0 radical (unpaired) electrons. The highest BCUT2D eigenvalue weighted by Crippen LogP contribution is 2.31. The van der Waals surface area contributed by atoms with Crippen LogP contribution in [0.25, 0.3) is 0 Å². The van der Waals surface area contributed by atoms with Gasteiger partial charge in [-0.05, 0) is 31.4 Å². The molecule has 1 heterocycles. The first-order chi connectivity index (χ1) is 8.24. The molecule has 2 rings (SSSR count). The van der Waals surface area contributed by atoms with Crippen molar-refractivity contribution >= 4 is 11.5 Å². The van der Waals surface area contributed by atoms with Crippen molar-refractivity contribution in [2.24, 2.45) is 0 Å². The maximum Gasteiger partial charge on any atom is 0.152 e. The van der Waals surface area contributed by atoms with E-state index in [0.717, 1.165) is 17.1 Å². The molecule has 17 heavy (non-hydrogen) atoms. The lowest BCUT2D eigenvalue weighted by Crippen LogP contribution is -2.37. The van der Waals surface area contributed by atoms with Gasteiger partial charge in [0.05, 0.1) is 12.3 Å². The summed E-state index contributed by atoms with van der Waals surface area (Å²) >= 11 is 0. The predicted octanol–water partition coefficient (Wildman–Crippen LogP) is 1.71. The normalized spacial score (nSPS) is 16.4. The molecule has 0 saturated heterocycles. The molecule has 94 valence electrons. The van der Waals surface area contributed by atoms with Crippen LogP contribution in [0.2, 0.25) is 0 Å². The fourth-order valence-electron chi connectivity index (χ4n) is 2.57. The van der Waals surface area contributed by atoms with Gasteiger partial charge in [-0.1, -0.05) is 12.8 Å². The summed E-state index contributed by atoms with van der Waals surface area (Å²) in [6, 6.07) is 2.41. The summed E-state index contributed by atoms with van der Waals surface area (Å²) in [5.41, 5.74) is 7.89. The lowest BCUT2D eigenvalue weighted by Gasteiger charge is -2.30. The van der Waals surface area contributed by atoms with E-state index in [4.69, 9.17) is 5.73 Å². The first kappa shape index (κ1) is 12.2. The number of hydrogen-bond acceptors (Lipinski definition) is 4. The van der Waals surface area contributed by atoms with Gasteiger partial charge in [-0.3, -0.25) is 0 Å². The van der Waals surface area contributed by atoms with Gasteiger partial charge in [-0.15, -0.1) is 0 Å². The van der Waals surface area contributed by atoms with Crippen LogP contribution in [0.5, 0.6) is 0 Å². The molecule has 1 aromatic rings. The molecule has 0 unspecified atom stereocenters. The predicted molar refractivity (Wildman–Crippen MR) is 70.1 cm³/mol. The van der Waals surface area contributed by atoms with Gasteiger partial charge in [0.15, 0.2) is 5.82 Å². The number of nitrogens with two attached hydrogens (primary N) is 1. The molecule has 0 atom stereocenters. The minimum Gasteiger partial charge on any atom is -0.396 e. The van der Waals surface area contributed by atoms with E-state index in [0.29, 0.717) is 12.6 Å². The Morgan fingerprint density at radius 3 is 2.82 bits per heavy atom. The molecule has 3 N–H and O–H groups in total. The van der Waals surface area contributed by atoms with Crippen molar-refractivity contribution in [3.05, 3.63) is 17.8 Å². The van der Waals surface area contributed by atoms with Crippen molar-refractivity contribution in [3.63, 3.8) is 0 Å². The summed E-state index contributed by atoms with van der Waals surface area (Å²) in [4.78, 5) is 6.57. The molecule has 1 fully saturated rings. The van der Waals surface area contributed by atoms with Gasteiger partial charge in [-0.25, -0.2) is 4.98 Å². The number of nitrogens with zero attached hydrogens (tertiary/aromatic N) is 2. The van der Waals surface area contributed by atoms with E-state index in [1.54, 1.807) is 6.20 Å². The number of rotatable bonds is 4. The summed E-state index contributed by atoms with van der Waals surface area (Å²) in [7, 11) is 0. The Labute approximate surface area is 102 Å². The first-order valence-electron chi connectivity index (χ1n) is 6.32. The fraction of sp³-hybridized carbons (Fsp3) is 0.615. The zero-order valence-electron chi connectivity index (χ0n) is 10.4. The molecule has 4 heteroatoms. The number of anilines is 2. The Bertz CT molecular complexity index is 375. The molecule has 4 nitrogen and oxygen atoms in total. The largest absolute Gasteiger partial charge is 0.396 e. The summed E-state index contributed by atoms with van der Waals surface area (Å²) in [5.74, 6) is 0.839. The quantitative estimate of drug-likeness (QED) is 0.834. The fourth-order valence-corrected chi connectivity index (χ4v) is 2.57. The molecule has 1 aliphatic carbocycles. The van der Waals surface area contributed by atoms with Crippen molar-refractivity contribution in [1.29, 1.82) is 0 Å². The molecule has 0 aliphatic heterocycles. The lowest BCUT2D eigenvalue weighted by atomic mass is 10.1. The molecule has 1 aliphatic rings. The van der Waals surface area contributed by atoms with E-state index < -0.39 is 0 Å². The molecular weight excluding hydrogens is 214 g/mol. The Morgan fingerprint density at radius 2 is 2.18 bits per heavy atom. The number of aliphatic hydroxyl groups is 1. The number of aliphatic hydroxyl groups excluding tert-OH is 1. The van der Waals surface area contributed by atoms with E-state index in [9.17, 15) is 5.11 Å². The molecule has 0 bridgehead atoms. The SMILES string of the molecule is Cc1ccnc(N(CCO)C2CCCC2)c1N. The maximum atomic E-state index is 9.21. The highest BCUT2D eigenvalue weighted by Gasteiger charge is 2.24. The number of aryl methyl sites for hydroxylation is 1. The minimum atomic E-state index is 0.144. The summed E-state index contributed by atoms with van der Waals surface area (Å²) in [5, 5.41) is 9.21. The molecule has 0 spiro atoms. The van der Waals surface area contributed by atoms with E-state index in [1.165, 1.54) is 25.7 Å². The van der Waals surface area contributed by atoms with Crippen molar-refractivity contribution in [2.45, 2.75) is 38.6 Å². The van der Waals surface area contributed by atoms with Gasteiger partial charge in [-0.2, -0.15) is 0 Å². The van der Waals surface area contributed by atoms with Gasteiger partial charge >= 0.3 is 0 Å². The van der Waals surface area contributed by atoms with E-state index >= 15 is 0 Å². The zero-order chi connectivity index (χ0) is 12.3. The highest BCUT2D eigenvalue weighted by molar-refractivity contribution is 5.66. The van der Waals surface area contributed by atoms with E-state index in [-0.39, 0.29) is 6.61 Å². The van der Waals surface area contributed by atoms with Gasteiger partial charge < -0.3 is 15.7 Å². The Balaban J connectivity index is 2.27. The highest BCUT2D eigenvalue weighted by atomic mass is 16.3. The van der Waals surface area contributed by atoms with Gasteiger partial charge in [0.2, 0.25) is 0 Å². The minimum absolute atomic E-state index is 0.144. The Kier molecular flexibility index (Phi) is 3.84. The van der Waals surface area contributed by atoms with Crippen molar-refractivity contribution in [3.8, 4) is 0 Å². The van der Waals surface area contributed by atoms with Crippen LogP contribution in [0.15, 0.2) is 12.3 Å². The molecular formula is C13H21N3O. The number of hydrogen-bond donors (Lipinski definition) is 2. The van der Waals surface area contributed by atoms with Crippen LogP contribution < -0.4 is 10.6 Å². The van der Waals surface area contributed by atoms with E-state index in [2.05, 4.69) is 9.88 Å². The van der Waals surface area contributed by atoms with Crippen LogP contribution in [-0.2, 0) is 0 Å². The summed E-state index contributed by atoms with van der Waals surface area (Å²) in [6.45, 7) is 2.75. The second-order valence-corrected chi connectivity index (χ2v) is 4.72. The van der Waals surface area contributed by atoms with Crippen molar-refractivity contribution in [1.82, 2.24) is 4.98 Å². The van der Waals surface area contributed by atoms with Gasteiger partial charge in [0.25, 0.3) is 0 Å². The van der Waals surface area contributed by atoms with E-state index in [1.807, 2.05) is 13.0 Å². The summed E-state index contributed by atoms with van der Waals surface area (Å²) in [6.07, 6.45) is 6.67. The summed E-state index contributed by atoms with van der Waals surface area (Å²) < 4.78 is 0. The van der Waals surface area contributed by atoms with Crippen molar-refractivity contribution < 1.29 is 5.11 Å². The average molecular weight is 235 g/mol. The van der Waals surface area contributed by atoms with Crippen LogP contribution in [0.4, 0.5) is 11.5 Å². The Hall–Kier alpha value is -1.29. The number of nitrogen functional groups attached to an aromatic ring is 1. The maximum absolute atomic E-state index is 9.21. The second-order valence-electron chi connectivity index (χ2n) is 4.72. The molecule has 0 amide bonds. The number of pyridine rings is 1. The standard InChI is InChI=1S/C13H21N3O/c1-10-6-7-15-13(12(10)14)16(8-9-17)11-4-2-3-5-11/h6-7,11,17H,2-5,8-9,14H2,1H3. The van der Waals surface area contributed by atoms with Crippen LogP contribution in [0.1, 0.15) is 31.2 Å². The molecule has 0 aromatic carbocycles. The van der Waals surface area contributed by atoms with Crippen LogP contribution in [-0.4, -0.2) is 29.3 Å². The van der Waals surface area contributed by atoms with Crippen LogP contribution in [0, 0.1) is 6.92 Å². The number of aromatic nitrogens is 1. The smallest absolute Gasteiger partial charge is 0.152 e.